The topological polar surface area (TPSA) is 52.3 Å². The molecule has 0 aliphatic rings. The summed E-state index contributed by atoms with van der Waals surface area (Å²) in [5, 5.41) is 1.68. The van der Waals surface area contributed by atoms with E-state index in [1.807, 2.05) is 24.3 Å². The molecule has 0 aliphatic heterocycles. The number of carbonyl (C=O) groups is 1. The Balaban J connectivity index is 1.68. The molecule has 0 saturated heterocycles. The zero-order valence-corrected chi connectivity index (χ0v) is 15.5. The van der Waals surface area contributed by atoms with E-state index in [9.17, 15) is 4.79 Å². The first-order valence-corrected chi connectivity index (χ1v) is 8.92. The number of halogens is 2. The van der Waals surface area contributed by atoms with Gasteiger partial charge in [-0.1, -0.05) is 47.5 Å². The predicted molar refractivity (Wildman–Crippen MR) is 105 cm³/mol. The van der Waals surface area contributed by atoms with Crippen molar-refractivity contribution in [2.75, 3.05) is 0 Å². The minimum Gasteiger partial charge on any atom is -0.463 e. The zero-order valence-electron chi connectivity index (χ0n) is 14.0. The van der Waals surface area contributed by atoms with Gasteiger partial charge in [0.2, 0.25) is 0 Å². The molecule has 0 amide bonds. The Bertz CT molecular complexity index is 1120. The van der Waals surface area contributed by atoms with E-state index in [4.69, 9.17) is 32.4 Å². The molecular weight excluding hydrogens is 385 g/mol. The van der Waals surface area contributed by atoms with Crippen molar-refractivity contribution >= 4 is 40.1 Å². The summed E-state index contributed by atoms with van der Waals surface area (Å²) in [6.45, 7) is 0.0432. The van der Waals surface area contributed by atoms with Gasteiger partial charge >= 0.3 is 5.97 Å². The fourth-order valence-electron chi connectivity index (χ4n) is 2.75. The average molecular weight is 398 g/mol. The summed E-state index contributed by atoms with van der Waals surface area (Å²) >= 11 is 12.0. The van der Waals surface area contributed by atoms with Crippen LogP contribution in [0.4, 0.5) is 0 Å². The maximum atomic E-state index is 12.8. The standard InChI is InChI=1S/C21H13Cl2NO3/c22-14-8-7-13(17(23)10-14)12-27-21(25)16-11-19(20-6-3-9-26-20)24-18-5-2-1-4-15(16)18/h1-11H,12H2. The number of ether oxygens (including phenoxy) is 1. The summed E-state index contributed by atoms with van der Waals surface area (Å²) < 4.78 is 10.9. The molecular formula is C21H13Cl2NO3. The van der Waals surface area contributed by atoms with Gasteiger partial charge in [-0.25, -0.2) is 9.78 Å². The van der Waals surface area contributed by atoms with Crippen LogP contribution in [0.2, 0.25) is 10.0 Å². The van der Waals surface area contributed by atoms with E-state index in [2.05, 4.69) is 4.98 Å². The summed E-state index contributed by atoms with van der Waals surface area (Å²) in [5.41, 5.74) is 2.34. The number of rotatable bonds is 4. The normalized spacial score (nSPS) is 10.9. The Morgan fingerprint density at radius 1 is 1.04 bits per heavy atom. The monoisotopic (exact) mass is 397 g/mol. The van der Waals surface area contributed by atoms with Crippen LogP contribution in [0, 0.1) is 0 Å². The van der Waals surface area contributed by atoms with Crippen LogP contribution in [0.5, 0.6) is 0 Å². The fraction of sp³-hybridized carbons (Fsp3) is 0.0476. The smallest absolute Gasteiger partial charge is 0.339 e. The second kappa shape index (κ2) is 7.43. The average Bonchev–Trinajstić information content (AvgIpc) is 3.21. The van der Waals surface area contributed by atoms with Crippen molar-refractivity contribution in [3.63, 3.8) is 0 Å². The van der Waals surface area contributed by atoms with Crippen molar-refractivity contribution in [1.29, 1.82) is 0 Å². The van der Waals surface area contributed by atoms with Gasteiger partial charge in [-0.05, 0) is 36.4 Å². The Hall–Kier alpha value is -2.82. The number of hydrogen-bond acceptors (Lipinski definition) is 4. The van der Waals surface area contributed by atoms with Crippen molar-refractivity contribution in [3.8, 4) is 11.5 Å². The SMILES string of the molecule is O=C(OCc1ccc(Cl)cc1Cl)c1cc(-c2ccco2)nc2ccccc12. The molecule has 0 spiro atoms. The molecule has 2 aromatic carbocycles. The number of fused-ring (bicyclic) bond motifs is 1. The highest BCUT2D eigenvalue weighted by Gasteiger charge is 2.16. The Morgan fingerprint density at radius 2 is 1.89 bits per heavy atom. The summed E-state index contributed by atoms with van der Waals surface area (Å²) in [6, 6.07) is 17.7. The molecule has 0 radical (unpaired) electrons. The molecule has 0 unspecified atom stereocenters. The third-order valence-corrected chi connectivity index (χ3v) is 4.67. The maximum absolute atomic E-state index is 12.8. The first kappa shape index (κ1) is 17.6. The van der Waals surface area contributed by atoms with Crippen LogP contribution in [0.15, 0.2) is 71.3 Å². The molecule has 4 aromatic rings. The molecule has 4 nitrogen and oxygen atoms in total. The zero-order chi connectivity index (χ0) is 18.8. The molecule has 4 rings (SSSR count). The number of hydrogen-bond donors (Lipinski definition) is 0. The Kier molecular flexibility index (Phi) is 4.84. The summed E-state index contributed by atoms with van der Waals surface area (Å²) in [7, 11) is 0. The predicted octanol–water partition coefficient (Wildman–Crippen LogP) is 6.16. The van der Waals surface area contributed by atoms with Crippen LogP contribution in [0.3, 0.4) is 0 Å². The third-order valence-electron chi connectivity index (χ3n) is 4.08. The summed E-state index contributed by atoms with van der Waals surface area (Å²) in [5.74, 6) is 0.114. The minimum atomic E-state index is -0.465. The lowest BCUT2D eigenvalue weighted by Crippen LogP contribution is -2.07. The van der Waals surface area contributed by atoms with E-state index in [0.29, 0.717) is 43.5 Å². The largest absolute Gasteiger partial charge is 0.463 e. The van der Waals surface area contributed by atoms with E-state index in [1.165, 1.54) is 0 Å². The number of nitrogens with zero attached hydrogens (tertiary/aromatic N) is 1. The van der Waals surface area contributed by atoms with Crippen LogP contribution >= 0.6 is 23.2 Å². The molecule has 0 N–H and O–H groups in total. The molecule has 27 heavy (non-hydrogen) atoms. The second-order valence-electron chi connectivity index (χ2n) is 5.86. The number of aromatic nitrogens is 1. The van der Waals surface area contributed by atoms with Gasteiger partial charge in [0.1, 0.15) is 12.3 Å². The third kappa shape index (κ3) is 3.68. The number of esters is 1. The second-order valence-corrected chi connectivity index (χ2v) is 6.71. The molecule has 0 aliphatic carbocycles. The van der Waals surface area contributed by atoms with E-state index >= 15 is 0 Å². The van der Waals surface area contributed by atoms with Crippen molar-refractivity contribution in [2.45, 2.75) is 6.61 Å². The number of carbonyl (C=O) groups excluding carboxylic acids is 1. The van der Waals surface area contributed by atoms with Gasteiger partial charge in [0.15, 0.2) is 5.76 Å². The Labute approximate surface area is 165 Å². The van der Waals surface area contributed by atoms with Crippen molar-refractivity contribution in [1.82, 2.24) is 4.98 Å². The molecule has 0 fully saturated rings. The first-order valence-electron chi connectivity index (χ1n) is 8.16. The quantitative estimate of drug-likeness (QED) is 0.387. The van der Waals surface area contributed by atoms with Gasteiger partial charge in [0.25, 0.3) is 0 Å². The van der Waals surface area contributed by atoms with Gasteiger partial charge in [0, 0.05) is 21.0 Å². The molecule has 0 saturated carbocycles. The highest BCUT2D eigenvalue weighted by Crippen LogP contribution is 2.27. The molecule has 0 bridgehead atoms. The van der Waals surface area contributed by atoms with Gasteiger partial charge in [0.05, 0.1) is 17.3 Å². The van der Waals surface area contributed by atoms with Crippen LogP contribution < -0.4 is 0 Å². The van der Waals surface area contributed by atoms with Crippen LogP contribution in [0.25, 0.3) is 22.4 Å². The minimum absolute atomic E-state index is 0.0432. The van der Waals surface area contributed by atoms with Crippen LogP contribution in [0.1, 0.15) is 15.9 Å². The van der Waals surface area contributed by atoms with Crippen molar-refractivity contribution < 1.29 is 13.9 Å². The Morgan fingerprint density at radius 3 is 2.67 bits per heavy atom. The first-order chi connectivity index (χ1) is 13.1. The van der Waals surface area contributed by atoms with E-state index in [-0.39, 0.29) is 6.61 Å². The molecule has 2 aromatic heterocycles. The van der Waals surface area contributed by atoms with Gasteiger partial charge in [-0.2, -0.15) is 0 Å². The lowest BCUT2D eigenvalue weighted by atomic mass is 10.1. The number of para-hydroxylation sites is 1. The number of pyridine rings is 1. The van der Waals surface area contributed by atoms with E-state index in [0.717, 1.165) is 0 Å². The van der Waals surface area contributed by atoms with E-state index in [1.54, 1.807) is 42.7 Å². The summed E-state index contributed by atoms with van der Waals surface area (Å²) in [6.07, 6.45) is 1.56. The highest BCUT2D eigenvalue weighted by molar-refractivity contribution is 6.35. The fourth-order valence-corrected chi connectivity index (χ4v) is 3.22. The molecule has 0 atom stereocenters. The van der Waals surface area contributed by atoms with Crippen molar-refractivity contribution in [2.24, 2.45) is 0 Å². The molecule has 6 heteroatoms. The van der Waals surface area contributed by atoms with Crippen LogP contribution in [-0.4, -0.2) is 11.0 Å². The van der Waals surface area contributed by atoms with Gasteiger partial charge in [-0.15, -0.1) is 0 Å². The molecule has 2 heterocycles. The lowest BCUT2D eigenvalue weighted by molar-refractivity contribution is 0.0475. The van der Waals surface area contributed by atoms with Gasteiger partial charge in [-0.3, -0.25) is 0 Å². The maximum Gasteiger partial charge on any atom is 0.339 e. The van der Waals surface area contributed by atoms with Crippen LogP contribution in [-0.2, 0) is 11.3 Å². The lowest BCUT2D eigenvalue weighted by Gasteiger charge is -2.10. The van der Waals surface area contributed by atoms with Crippen molar-refractivity contribution in [3.05, 3.63) is 88.1 Å². The van der Waals surface area contributed by atoms with E-state index < -0.39 is 5.97 Å². The highest BCUT2D eigenvalue weighted by atomic mass is 35.5. The number of benzene rings is 2. The number of furan rings is 1. The van der Waals surface area contributed by atoms with Gasteiger partial charge < -0.3 is 9.15 Å². The molecule has 134 valence electrons. The summed E-state index contributed by atoms with van der Waals surface area (Å²) in [4.78, 5) is 17.3.